The minimum Gasteiger partial charge on any atom is -0.479 e. The van der Waals surface area contributed by atoms with Crippen LogP contribution in [0.5, 0.6) is 0 Å². The molecule has 1 N–H and O–H groups in total. The van der Waals surface area contributed by atoms with Crippen molar-refractivity contribution in [1.82, 2.24) is 4.90 Å². The first-order valence-corrected chi connectivity index (χ1v) is 5.14. The van der Waals surface area contributed by atoms with Crippen molar-refractivity contribution in [2.45, 2.75) is 13.0 Å². The quantitative estimate of drug-likeness (QED) is 0.904. The van der Waals surface area contributed by atoms with Gasteiger partial charge in [0.15, 0.2) is 6.04 Å². The van der Waals surface area contributed by atoms with Gasteiger partial charge in [0.2, 0.25) is 5.91 Å². The fraction of sp³-hybridized carbons (Fsp3) is 0.273. The number of aliphatic carboxylic acids is 1. The Hall–Kier alpha value is -1.62. The predicted molar refractivity (Wildman–Crippen MR) is 60.2 cm³/mol. The Labute approximate surface area is 103 Å². The van der Waals surface area contributed by atoms with Crippen LogP contribution in [0, 0.1) is 5.82 Å². The fourth-order valence-corrected chi connectivity index (χ4v) is 1.70. The molecule has 0 heterocycles. The smallest absolute Gasteiger partial charge is 0.331 e. The number of benzene rings is 1. The number of nitrogens with zero attached hydrogens (tertiary/aromatic N) is 1. The van der Waals surface area contributed by atoms with Crippen LogP contribution in [0.25, 0.3) is 0 Å². The summed E-state index contributed by atoms with van der Waals surface area (Å²) in [5.74, 6) is -2.58. The number of hydrogen-bond acceptors (Lipinski definition) is 2. The van der Waals surface area contributed by atoms with Crippen molar-refractivity contribution in [3.63, 3.8) is 0 Å². The van der Waals surface area contributed by atoms with Crippen LogP contribution in [-0.4, -0.2) is 28.9 Å². The summed E-state index contributed by atoms with van der Waals surface area (Å²) in [7, 11) is 1.28. The van der Waals surface area contributed by atoms with Gasteiger partial charge in [0.1, 0.15) is 5.82 Å². The lowest BCUT2D eigenvalue weighted by molar-refractivity contribution is -0.148. The van der Waals surface area contributed by atoms with Crippen molar-refractivity contribution < 1.29 is 19.1 Å². The molecule has 0 saturated carbocycles. The molecule has 0 bridgehead atoms. The average molecular weight is 260 g/mol. The lowest BCUT2D eigenvalue weighted by atomic mass is 10.0. The van der Waals surface area contributed by atoms with Crippen LogP contribution in [0.4, 0.5) is 4.39 Å². The van der Waals surface area contributed by atoms with E-state index in [1.54, 1.807) is 0 Å². The summed E-state index contributed by atoms with van der Waals surface area (Å²) in [6.45, 7) is 1.20. The average Bonchev–Trinajstić information content (AvgIpc) is 2.22. The maximum Gasteiger partial charge on any atom is 0.331 e. The molecule has 6 heteroatoms. The van der Waals surface area contributed by atoms with Gasteiger partial charge in [0.25, 0.3) is 0 Å². The summed E-state index contributed by atoms with van der Waals surface area (Å²) in [5, 5.41) is 9.05. The molecule has 0 radical (unpaired) electrons. The number of carbonyl (C=O) groups is 2. The zero-order valence-electron chi connectivity index (χ0n) is 9.28. The Bertz CT molecular complexity index is 444. The molecule has 0 aliphatic carbocycles. The number of halogens is 2. The first-order valence-electron chi connectivity index (χ1n) is 4.76. The van der Waals surface area contributed by atoms with Gasteiger partial charge in [-0.05, 0) is 12.1 Å². The van der Waals surface area contributed by atoms with Crippen LogP contribution in [0.2, 0.25) is 5.02 Å². The first-order chi connectivity index (χ1) is 7.86. The van der Waals surface area contributed by atoms with Gasteiger partial charge in [-0.3, -0.25) is 4.79 Å². The molecule has 17 heavy (non-hydrogen) atoms. The molecule has 0 aromatic heterocycles. The van der Waals surface area contributed by atoms with Gasteiger partial charge in [0.05, 0.1) is 0 Å². The second kappa shape index (κ2) is 5.14. The summed E-state index contributed by atoms with van der Waals surface area (Å²) in [6.07, 6.45) is 0. The Balaban J connectivity index is 3.33. The standard InChI is InChI=1S/C11H11ClFNO3/c1-6(15)14(2)10(11(16)17)9-7(12)4-3-5-8(9)13/h3-5,10H,1-2H3,(H,16,17)/t10-/m1/s1. The van der Waals surface area contributed by atoms with Crippen molar-refractivity contribution in [3.8, 4) is 0 Å². The molecule has 0 aliphatic heterocycles. The normalized spacial score (nSPS) is 12.0. The van der Waals surface area contributed by atoms with Crippen molar-refractivity contribution in [3.05, 3.63) is 34.6 Å². The molecule has 0 unspecified atom stereocenters. The van der Waals surface area contributed by atoms with Crippen LogP contribution in [0.15, 0.2) is 18.2 Å². The first kappa shape index (κ1) is 13.4. The number of carboxylic acid groups (broad SMARTS) is 1. The molecule has 1 atom stereocenters. The minimum atomic E-state index is -1.43. The lowest BCUT2D eigenvalue weighted by Gasteiger charge is -2.24. The van der Waals surface area contributed by atoms with E-state index in [-0.39, 0.29) is 10.6 Å². The van der Waals surface area contributed by atoms with E-state index in [0.717, 1.165) is 11.0 Å². The van der Waals surface area contributed by atoms with Crippen LogP contribution in [0.1, 0.15) is 18.5 Å². The van der Waals surface area contributed by atoms with E-state index in [4.69, 9.17) is 16.7 Å². The molecule has 1 rings (SSSR count). The predicted octanol–water partition coefficient (Wildman–Crippen LogP) is 2.08. The van der Waals surface area contributed by atoms with Gasteiger partial charge in [-0.25, -0.2) is 9.18 Å². The minimum absolute atomic E-state index is 0.0227. The third-order valence-corrected chi connectivity index (χ3v) is 2.72. The Morgan fingerprint density at radius 3 is 2.47 bits per heavy atom. The maximum atomic E-state index is 13.6. The number of rotatable bonds is 3. The fourth-order valence-electron chi connectivity index (χ4n) is 1.44. The highest BCUT2D eigenvalue weighted by atomic mass is 35.5. The molecular weight excluding hydrogens is 249 g/mol. The van der Waals surface area contributed by atoms with Crippen molar-refractivity contribution in [1.29, 1.82) is 0 Å². The third-order valence-electron chi connectivity index (χ3n) is 2.39. The largest absolute Gasteiger partial charge is 0.479 e. The third kappa shape index (κ3) is 2.74. The molecule has 1 aromatic rings. The van der Waals surface area contributed by atoms with E-state index < -0.39 is 23.7 Å². The number of amides is 1. The second-order valence-electron chi connectivity index (χ2n) is 3.51. The number of likely N-dealkylation sites (N-methyl/N-ethyl adjacent to an activating group) is 1. The van der Waals surface area contributed by atoms with E-state index in [2.05, 4.69) is 0 Å². The van der Waals surface area contributed by atoms with Gasteiger partial charge in [0, 0.05) is 24.6 Å². The van der Waals surface area contributed by atoms with E-state index in [1.165, 1.54) is 26.1 Å². The molecular formula is C11H11ClFNO3. The molecule has 0 fully saturated rings. The lowest BCUT2D eigenvalue weighted by Crippen LogP contribution is -2.35. The maximum absolute atomic E-state index is 13.6. The van der Waals surface area contributed by atoms with Crippen LogP contribution in [-0.2, 0) is 9.59 Å². The number of carbonyl (C=O) groups excluding carboxylic acids is 1. The molecule has 0 spiro atoms. The highest BCUT2D eigenvalue weighted by Gasteiger charge is 2.31. The second-order valence-corrected chi connectivity index (χ2v) is 3.91. The number of carboxylic acids is 1. The van der Waals surface area contributed by atoms with Crippen molar-refractivity contribution in [2.75, 3.05) is 7.05 Å². The zero-order chi connectivity index (χ0) is 13.2. The highest BCUT2D eigenvalue weighted by molar-refractivity contribution is 6.31. The SMILES string of the molecule is CC(=O)N(C)[C@@H](C(=O)O)c1c(F)cccc1Cl. The van der Waals surface area contributed by atoms with Crippen molar-refractivity contribution in [2.24, 2.45) is 0 Å². The van der Waals surface area contributed by atoms with Crippen LogP contribution < -0.4 is 0 Å². The molecule has 0 aliphatic rings. The Morgan fingerprint density at radius 1 is 1.47 bits per heavy atom. The summed E-state index contributed by atoms with van der Waals surface area (Å²) >= 11 is 5.78. The molecule has 0 saturated heterocycles. The Morgan fingerprint density at radius 2 is 2.06 bits per heavy atom. The molecule has 92 valence electrons. The number of hydrogen-bond donors (Lipinski definition) is 1. The van der Waals surface area contributed by atoms with E-state index in [1.807, 2.05) is 0 Å². The summed E-state index contributed by atoms with van der Waals surface area (Å²) in [6, 6.07) is 2.42. The highest BCUT2D eigenvalue weighted by Crippen LogP contribution is 2.29. The van der Waals surface area contributed by atoms with E-state index >= 15 is 0 Å². The van der Waals surface area contributed by atoms with Gasteiger partial charge >= 0.3 is 5.97 Å². The van der Waals surface area contributed by atoms with Gasteiger partial charge < -0.3 is 10.0 Å². The van der Waals surface area contributed by atoms with E-state index in [0.29, 0.717) is 0 Å². The van der Waals surface area contributed by atoms with Gasteiger partial charge in [-0.2, -0.15) is 0 Å². The molecule has 1 aromatic carbocycles. The van der Waals surface area contributed by atoms with Crippen molar-refractivity contribution >= 4 is 23.5 Å². The van der Waals surface area contributed by atoms with E-state index in [9.17, 15) is 14.0 Å². The molecule has 1 amide bonds. The topological polar surface area (TPSA) is 57.6 Å². The van der Waals surface area contributed by atoms with Crippen LogP contribution in [0.3, 0.4) is 0 Å². The summed E-state index contributed by atoms with van der Waals surface area (Å²) < 4.78 is 13.6. The van der Waals surface area contributed by atoms with Gasteiger partial charge in [-0.15, -0.1) is 0 Å². The zero-order valence-corrected chi connectivity index (χ0v) is 10.0. The summed E-state index contributed by atoms with van der Waals surface area (Å²) in [5.41, 5.74) is -0.209. The monoisotopic (exact) mass is 259 g/mol. The Kier molecular flexibility index (Phi) is 4.07. The van der Waals surface area contributed by atoms with Gasteiger partial charge in [-0.1, -0.05) is 17.7 Å². The summed E-state index contributed by atoms with van der Waals surface area (Å²) in [4.78, 5) is 23.2. The molecule has 4 nitrogen and oxygen atoms in total. The van der Waals surface area contributed by atoms with Crippen LogP contribution >= 0.6 is 11.6 Å².